The largest absolute Gasteiger partial charge is 0.490 e. The van der Waals surface area contributed by atoms with Crippen molar-refractivity contribution in [3.63, 3.8) is 0 Å². The highest BCUT2D eigenvalue weighted by Gasteiger charge is 2.13. The number of benzene rings is 1. The van der Waals surface area contributed by atoms with Crippen LogP contribution in [0.1, 0.15) is 81.1 Å². The zero-order valence-corrected chi connectivity index (χ0v) is 15.0. The molecule has 0 atom stereocenters. The minimum Gasteiger partial charge on any atom is -0.490 e. The summed E-state index contributed by atoms with van der Waals surface area (Å²) in [6.07, 6.45) is 10.1. The number of aryl methyl sites for hydroxylation is 1. The van der Waals surface area contributed by atoms with Crippen molar-refractivity contribution in [2.75, 3.05) is 13.2 Å². The van der Waals surface area contributed by atoms with Gasteiger partial charge < -0.3 is 9.47 Å². The Bertz CT molecular complexity index is 454. The van der Waals surface area contributed by atoms with E-state index in [4.69, 9.17) is 9.47 Å². The van der Waals surface area contributed by atoms with Crippen LogP contribution in [0.2, 0.25) is 0 Å². The second kappa shape index (κ2) is 12.0. The van der Waals surface area contributed by atoms with Gasteiger partial charge in [-0.3, -0.25) is 4.79 Å². The van der Waals surface area contributed by atoms with Gasteiger partial charge in [0.15, 0.2) is 17.8 Å². The average molecular weight is 320 g/mol. The number of ether oxygens (including phenoxy) is 2. The highest BCUT2D eigenvalue weighted by Crippen LogP contribution is 2.33. The van der Waals surface area contributed by atoms with Gasteiger partial charge in [0.2, 0.25) is 0 Å². The third kappa shape index (κ3) is 7.06. The highest BCUT2D eigenvalue weighted by atomic mass is 16.5. The van der Waals surface area contributed by atoms with Crippen molar-refractivity contribution < 1.29 is 14.3 Å². The molecule has 0 radical (unpaired) electrons. The van der Waals surface area contributed by atoms with Gasteiger partial charge >= 0.3 is 0 Å². The van der Waals surface area contributed by atoms with Crippen LogP contribution in [0.3, 0.4) is 0 Å². The molecule has 23 heavy (non-hydrogen) atoms. The van der Waals surface area contributed by atoms with E-state index in [1.807, 2.05) is 19.1 Å². The number of carbonyl (C=O) groups is 1. The Balaban J connectivity index is 2.65. The Morgan fingerprint density at radius 3 is 2.04 bits per heavy atom. The van der Waals surface area contributed by atoms with Gasteiger partial charge in [0.1, 0.15) is 0 Å². The Kier molecular flexibility index (Phi) is 10.2. The molecule has 0 aliphatic rings. The zero-order valence-electron chi connectivity index (χ0n) is 15.0. The fourth-order valence-electron chi connectivity index (χ4n) is 2.50. The summed E-state index contributed by atoms with van der Waals surface area (Å²) in [4.78, 5) is 11.4. The third-order valence-electron chi connectivity index (χ3n) is 4.00. The van der Waals surface area contributed by atoms with Crippen molar-refractivity contribution in [3.05, 3.63) is 23.3 Å². The molecule has 0 aliphatic carbocycles. The molecule has 0 aromatic heterocycles. The molecule has 130 valence electrons. The maximum atomic E-state index is 11.4. The van der Waals surface area contributed by atoms with Gasteiger partial charge in [-0.05, 0) is 31.4 Å². The molecule has 0 amide bonds. The SMILES string of the molecule is CCCCCCOc1ccc(C)c(C=O)c1OCCCCCC. The summed E-state index contributed by atoms with van der Waals surface area (Å²) < 4.78 is 11.8. The van der Waals surface area contributed by atoms with Gasteiger partial charge in [-0.25, -0.2) is 0 Å². The van der Waals surface area contributed by atoms with Gasteiger partial charge in [0.25, 0.3) is 0 Å². The third-order valence-corrected chi connectivity index (χ3v) is 4.00. The van der Waals surface area contributed by atoms with Gasteiger partial charge in [-0.15, -0.1) is 0 Å². The fraction of sp³-hybridized carbons (Fsp3) is 0.650. The van der Waals surface area contributed by atoms with Crippen LogP contribution in [0.4, 0.5) is 0 Å². The van der Waals surface area contributed by atoms with E-state index in [9.17, 15) is 4.79 Å². The van der Waals surface area contributed by atoms with Crippen LogP contribution >= 0.6 is 0 Å². The lowest BCUT2D eigenvalue weighted by Crippen LogP contribution is -2.06. The standard InChI is InChI=1S/C20H32O3/c1-4-6-8-10-14-22-19-13-12-17(3)18(16-21)20(19)23-15-11-9-7-5-2/h12-13,16H,4-11,14-15H2,1-3H3. The van der Waals surface area contributed by atoms with Crippen molar-refractivity contribution in [3.8, 4) is 11.5 Å². The monoisotopic (exact) mass is 320 g/mol. The molecule has 3 heteroatoms. The predicted molar refractivity (Wildman–Crippen MR) is 95.8 cm³/mol. The summed E-state index contributed by atoms with van der Waals surface area (Å²) in [5.74, 6) is 1.32. The molecule has 0 heterocycles. The highest BCUT2D eigenvalue weighted by molar-refractivity contribution is 5.83. The lowest BCUT2D eigenvalue weighted by molar-refractivity contribution is 0.111. The molecule has 0 aliphatic heterocycles. The summed E-state index contributed by atoms with van der Waals surface area (Å²) in [7, 11) is 0. The maximum absolute atomic E-state index is 11.4. The Hall–Kier alpha value is -1.51. The minimum absolute atomic E-state index is 0.617. The lowest BCUT2D eigenvalue weighted by atomic mass is 10.1. The normalized spacial score (nSPS) is 10.6. The number of carbonyl (C=O) groups excluding carboxylic acids is 1. The second-order valence-corrected chi connectivity index (χ2v) is 6.06. The first-order chi connectivity index (χ1) is 11.2. The molecule has 3 nitrogen and oxygen atoms in total. The van der Waals surface area contributed by atoms with E-state index in [1.54, 1.807) is 0 Å². The van der Waals surface area contributed by atoms with E-state index in [2.05, 4.69) is 13.8 Å². The van der Waals surface area contributed by atoms with Crippen molar-refractivity contribution in [2.24, 2.45) is 0 Å². The van der Waals surface area contributed by atoms with Crippen LogP contribution in [-0.2, 0) is 0 Å². The summed E-state index contributed by atoms with van der Waals surface area (Å²) in [6, 6.07) is 3.85. The Morgan fingerprint density at radius 2 is 1.48 bits per heavy atom. The first-order valence-corrected chi connectivity index (χ1v) is 9.08. The molecule has 0 saturated carbocycles. The van der Waals surface area contributed by atoms with Crippen LogP contribution in [0.15, 0.2) is 12.1 Å². The van der Waals surface area contributed by atoms with E-state index in [1.165, 1.54) is 32.1 Å². The molecule has 0 fully saturated rings. The molecule has 1 aromatic rings. The zero-order chi connectivity index (χ0) is 16.9. The van der Waals surface area contributed by atoms with Crippen LogP contribution in [0.25, 0.3) is 0 Å². The van der Waals surface area contributed by atoms with E-state index in [0.29, 0.717) is 30.3 Å². The number of aldehydes is 1. The number of hydrogen-bond acceptors (Lipinski definition) is 3. The molecule has 1 rings (SSSR count). The van der Waals surface area contributed by atoms with E-state index >= 15 is 0 Å². The average Bonchev–Trinajstić information content (AvgIpc) is 2.56. The number of hydrogen-bond donors (Lipinski definition) is 0. The van der Waals surface area contributed by atoms with Crippen molar-refractivity contribution in [2.45, 2.75) is 72.1 Å². The van der Waals surface area contributed by atoms with Crippen LogP contribution in [0, 0.1) is 6.92 Å². The van der Waals surface area contributed by atoms with Crippen LogP contribution < -0.4 is 9.47 Å². The van der Waals surface area contributed by atoms with E-state index in [-0.39, 0.29) is 0 Å². The van der Waals surface area contributed by atoms with Crippen LogP contribution in [-0.4, -0.2) is 19.5 Å². The summed E-state index contributed by atoms with van der Waals surface area (Å²) >= 11 is 0. The summed E-state index contributed by atoms with van der Waals surface area (Å²) in [6.45, 7) is 7.63. The lowest BCUT2D eigenvalue weighted by Gasteiger charge is -2.16. The smallest absolute Gasteiger partial charge is 0.171 e. The molecule has 0 bridgehead atoms. The number of rotatable bonds is 13. The predicted octanol–water partition coefficient (Wildman–Crippen LogP) is 5.73. The van der Waals surface area contributed by atoms with Crippen molar-refractivity contribution in [1.82, 2.24) is 0 Å². The molecule has 1 aromatic carbocycles. The second-order valence-electron chi connectivity index (χ2n) is 6.06. The molecule has 0 saturated heterocycles. The fourth-order valence-corrected chi connectivity index (χ4v) is 2.50. The van der Waals surface area contributed by atoms with Crippen molar-refractivity contribution >= 4 is 6.29 Å². The van der Waals surface area contributed by atoms with Gasteiger partial charge in [0.05, 0.1) is 18.8 Å². The Labute approximate surface area is 141 Å². The molecule has 0 N–H and O–H groups in total. The Morgan fingerprint density at radius 1 is 0.870 bits per heavy atom. The van der Waals surface area contributed by atoms with Gasteiger partial charge in [-0.1, -0.05) is 58.4 Å². The molecular weight excluding hydrogens is 288 g/mol. The summed E-state index contributed by atoms with van der Waals surface area (Å²) in [5, 5.41) is 0. The first-order valence-electron chi connectivity index (χ1n) is 9.08. The number of unbranched alkanes of at least 4 members (excludes halogenated alkanes) is 6. The topological polar surface area (TPSA) is 35.5 Å². The quantitative estimate of drug-likeness (QED) is 0.344. The molecular formula is C20H32O3. The van der Waals surface area contributed by atoms with Crippen LogP contribution in [0.5, 0.6) is 11.5 Å². The first kappa shape index (κ1) is 19.5. The van der Waals surface area contributed by atoms with E-state index < -0.39 is 0 Å². The van der Waals surface area contributed by atoms with E-state index in [0.717, 1.165) is 31.1 Å². The van der Waals surface area contributed by atoms with Gasteiger partial charge in [0, 0.05) is 0 Å². The maximum Gasteiger partial charge on any atom is 0.171 e. The summed E-state index contributed by atoms with van der Waals surface area (Å²) in [5.41, 5.74) is 1.55. The van der Waals surface area contributed by atoms with Gasteiger partial charge in [-0.2, -0.15) is 0 Å². The molecule has 0 spiro atoms. The van der Waals surface area contributed by atoms with Crippen molar-refractivity contribution in [1.29, 1.82) is 0 Å². The molecule has 0 unspecified atom stereocenters. The minimum atomic E-state index is 0.617.